The van der Waals surface area contributed by atoms with Crippen LogP contribution in [0.15, 0.2) is 47.2 Å². The molecule has 10 nitrogen and oxygen atoms in total. The number of hydrogen-bond acceptors (Lipinski definition) is 5. The summed E-state index contributed by atoms with van der Waals surface area (Å²) in [5, 5.41) is 3.67. The molecule has 0 bridgehead atoms. The Balaban J connectivity index is 1.27. The molecule has 3 N–H and O–H groups in total. The second-order valence-corrected chi connectivity index (χ2v) is 15.0. The zero-order valence-electron chi connectivity index (χ0n) is 27.5. The number of rotatable bonds is 22. The number of hydrogen-bond donors (Lipinski definition) is 3. The minimum Gasteiger partial charge on any atom is -0.481 e. The third-order valence-corrected chi connectivity index (χ3v) is 9.55. The molecule has 0 saturated carbocycles. The van der Waals surface area contributed by atoms with Crippen LogP contribution in [0, 0.1) is 0 Å². The molecule has 1 aliphatic rings. The van der Waals surface area contributed by atoms with Crippen molar-refractivity contribution in [3.8, 4) is 5.75 Å². The maximum absolute atomic E-state index is 13.2. The van der Waals surface area contributed by atoms with Crippen LogP contribution < -0.4 is 10.1 Å². The fourth-order valence-electron chi connectivity index (χ4n) is 6.00. The number of ether oxygens (including phenoxy) is 1. The lowest BCUT2D eigenvalue weighted by Gasteiger charge is -2.09. The van der Waals surface area contributed by atoms with E-state index < -0.39 is 20.0 Å². The molecule has 2 amide bonds. The molecule has 0 aliphatic carbocycles. The van der Waals surface area contributed by atoms with E-state index in [0.717, 1.165) is 35.7 Å². The normalized spacial score (nSPS) is 14.5. The van der Waals surface area contributed by atoms with Crippen LogP contribution in [0.25, 0.3) is 10.9 Å². The molecule has 0 radical (unpaired) electrons. The van der Waals surface area contributed by atoms with Gasteiger partial charge in [-0.25, -0.2) is 4.98 Å². The summed E-state index contributed by atoms with van der Waals surface area (Å²) in [6.45, 7) is 2.69. The summed E-state index contributed by atoms with van der Waals surface area (Å²) in [5.41, 5.74) is 1.90. The number of unbranched alkanes of at least 4 members (excludes halogenated alkanes) is 13. The summed E-state index contributed by atoms with van der Waals surface area (Å²) < 4.78 is 19.3. The number of nitrogens with one attached hydrogen (secondary N) is 1. The number of carbonyl (C=O) groups is 2. The van der Waals surface area contributed by atoms with E-state index >= 15 is 0 Å². The summed E-state index contributed by atoms with van der Waals surface area (Å²) in [7, 11) is -4.32. The highest BCUT2D eigenvalue weighted by Gasteiger charge is 2.44. The second-order valence-electron chi connectivity index (χ2n) is 12.6. The fourth-order valence-corrected chi connectivity index (χ4v) is 6.66. The van der Waals surface area contributed by atoms with Gasteiger partial charge in [0.05, 0.1) is 6.54 Å². The van der Waals surface area contributed by atoms with Crippen LogP contribution >= 0.6 is 23.5 Å². The second kappa shape index (κ2) is 18.7. The van der Waals surface area contributed by atoms with Crippen LogP contribution in [0.4, 0.5) is 5.82 Å². The van der Waals surface area contributed by atoms with Gasteiger partial charge in [0.2, 0.25) is 11.8 Å². The molecule has 3 aromatic rings. The van der Waals surface area contributed by atoms with E-state index in [1.807, 2.05) is 16.8 Å². The van der Waals surface area contributed by atoms with Gasteiger partial charge in [0.15, 0.2) is 6.35 Å². The largest absolute Gasteiger partial charge is 0.481 e. The molecule has 1 saturated heterocycles. The molecule has 258 valence electrons. The summed E-state index contributed by atoms with van der Waals surface area (Å²) in [6.07, 6.45) is 20.2. The Bertz CT molecular complexity index is 1510. The summed E-state index contributed by atoms with van der Waals surface area (Å²) >= 11 is 3.29. The Morgan fingerprint density at radius 2 is 1.60 bits per heavy atom. The van der Waals surface area contributed by atoms with Gasteiger partial charge in [-0.15, -0.1) is 0 Å². The van der Waals surface area contributed by atoms with E-state index in [-0.39, 0.29) is 18.4 Å². The van der Waals surface area contributed by atoms with E-state index in [9.17, 15) is 23.9 Å². The van der Waals surface area contributed by atoms with Gasteiger partial charge >= 0.3 is 7.60 Å². The number of carbonyl (C=O) groups excluding carboxylic acids is 2. The molecule has 47 heavy (non-hydrogen) atoms. The number of aromatic nitrogens is 2. The Kier molecular flexibility index (Phi) is 14.8. The first-order valence-electron chi connectivity index (χ1n) is 17.2. The van der Waals surface area contributed by atoms with Crippen molar-refractivity contribution in [2.45, 2.75) is 116 Å². The molecule has 1 fully saturated rings. The number of halogens is 1. The van der Waals surface area contributed by atoms with Crippen LogP contribution in [0.5, 0.6) is 5.75 Å². The Hall–Kier alpha value is -2.72. The monoisotopic (exact) mass is 732 g/mol. The maximum Gasteiger partial charge on any atom is 0.362 e. The quantitative estimate of drug-likeness (QED) is 0.0411. The highest BCUT2D eigenvalue weighted by Crippen LogP contribution is 2.36. The molecular formula is C35H50BrN4O6P. The van der Waals surface area contributed by atoms with Crippen LogP contribution in [0.1, 0.15) is 102 Å². The van der Waals surface area contributed by atoms with Gasteiger partial charge in [0, 0.05) is 17.1 Å². The molecule has 0 spiro atoms. The summed E-state index contributed by atoms with van der Waals surface area (Å²) in [4.78, 5) is 50.2. The Morgan fingerprint density at radius 1 is 0.957 bits per heavy atom. The van der Waals surface area contributed by atoms with Crippen molar-refractivity contribution >= 4 is 52.1 Å². The molecule has 3 heterocycles. The fraction of sp³-hybridized carbons (Fsp3) is 0.571. The van der Waals surface area contributed by atoms with Crippen molar-refractivity contribution in [1.82, 2.24) is 14.5 Å². The highest BCUT2D eigenvalue weighted by atomic mass is 79.9. The molecule has 4 rings (SSSR count). The van der Waals surface area contributed by atoms with Crippen LogP contribution in [0.3, 0.4) is 0 Å². The van der Waals surface area contributed by atoms with Crippen molar-refractivity contribution in [2.75, 3.05) is 18.2 Å². The Morgan fingerprint density at radius 3 is 2.21 bits per heavy atom. The highest BCUT2D eigenvalue weighted by molar-refractivity contribution is 9.10. The third kappa shape index (κ3) is 12.7. The SMILES string of the molecule is CCCCCCCCCCCCCCCCc1cn(CC(=O)N2C[C@H]2C(=O)Nc2cccc(Br)n2)c2ccc(OCP(=O)(O)O)cc12. The first kappa shape index (κ1) is 37.1. The van der Waals surface area contributed by atoms with E-state index in [1.54, 1.807) is 35.2 Å². The number of nitrogens with zero attached hydrogens (tertiary/aromatic N) is 3. The van der Waals surface area contributed by atoms with Crippen molar-refractivity contribution in [3.63, 3.8) is 0 Å². The molecule has 1 atom stereocenters. The van der Waals surface area contributed by atoms with Gasteiger partial charge in [-0.1, -0.05) is 96.5 Å². The molecular weight excluding hydrogens is 683 g/mol. The number of aryl methyl sites for hydroxylation is 1. The van der Waals surface area contributed by atoms with E-state index in [0.29, 0.717) is 22.7 Å². The summed E-state index contributed by atoms with van der Waals surface area (Å²) in [5.74, 6) is 0.363. The smallest absolute Gasteiger partial charge is 0.362 e. The number of pyridine rings is 1. The number of amides is 2. The average Bonchev–Trinajstić information content (AvgIpc) is 3.78. The van der Waals surface area contributed by atoms with E-state index in [1.165, 1.54) is 77.0 Å². The molecule has 2 aromatic heterocycles. The Labute approximate surface area is 286 Å². The topological polar surface area (TPSA) is 134 Å². The van der Waals surface area contributed by atoms with Crippen molar-refractivity contribution in [1.29, 1.82) is 0 Å². The average molecular weight is 734 g/mol. The van der Waals surface area contributed by atoms with Crippen molar-refractivity contribution < 1.29 is 28.7 Å². The van der Waals surface area contributed by atoms with Crippen molar-refractivity contribution in [2.24, 2.45) is 0 Å². The number of fused-ring (bicyclic) bond motifs is 1. The molecule has 0 unspecified atom stereocenters. The zero-order valence-corrected chi connectivity index (χ0v) is 30.0. The predicted molar refractivity (Wildman–Crippen MR) is 190 cm³/mol. The molecule has 1 aromatic carbocycles. The maximum atomic E-state index is 13.2. The zero-order chi connectivity index (χ0) is 33.6. The minimum atomic E-state index is -4.32. The van der Waals surface area contributed by atoms with Gasteiger partial charge in [-0.2, -0.15) is 0 Å². The third-order valence-electron chi connectivity index (χ3n) is 8.64. The van der Waals surface area contributed by atoms with Crippen LogP contribution in [-0.4, -0.2) is 55.0 Å². The van der Waals surface area contributed by atoms with Crippen molar-refractivity contribution in [3.05, 3.63) is 52.8 Å². The number of benzene rings is 1. The number of anilines is 1. The van der Waals surface area contributed by atoms with Crippen LogP contribution in [0.2, 0.25) is 0 Å². The first-order chi connectivity index (χ1) is 22.6. The van der Waals surface area contributed by atoms with E-state index in [4.69, 9.17) is 4.74 Å². The van der Waals surface area contributed by atoms with Gasteiger partial charge in [-0.05, 0) is 64.7 Å². The lowest BCUT2D eigenvalue weighted by Crippen LogP contribution is -2.26. The summed E-state index contributed by atoms with van der Waals surface area (Å²) in [6, 6.07) is 9.98. The van der Waals surface area contributed by atoms with Gasteiger partial charge in [0.25, 0.3) is 0 Å². The van der Waals surface area contributed by atoms with Gasteiger partial charge in [0.1, 0.15) is 28.8 Å². The minimum absolute atomic E-state index is 0.0802. The van der Waals surface area contributed by atoms with Gasteiger partial charge < -0.3 is 29.3 Å². The predicted octanol–water partition coefficient (Wildman–Crippen LogP) is 8.19. The van der Waals surface area contributed by atoms with Crippen LogP contribution in [-0.2, 0) is 27.1 Å². The molecule has 12 heteroatoms. The lowest BCUT2D eigenvalue weighted by atomic mass is 10.0. The standard InChI is InChI=1S/C35H50BrN4O6P/c1-2-3-4-5-6-7-8-9-10-11-12-13-14-15-17-27-23-39(30-21-20-28(22-29(27)30)46-26-47(43,44)45)25-34(41)40-24-31(40)35(42)38-33-19-16-18-32(36)37-33/h16,18-23,31H,2-15,17,24-26H2,1H3,(H,37,38,42)(H2,43,44,45)/t31-,40?/m0/s1. The lowest BCUT2D eigenvalue weighted by molar-refractivity contribution is -0.129. The first-order valence-corrected chi connectivity index (χ1v) is 19.8. The van der Waals surface area contributed by atoms with Gasteiger partial charge in [-0.3, -0.25) is 14.2 Å². The van der Waals surface area contributed by atoms with E-state index in [2.05, 4.69) is 33.2 Å². The molecule has 1 aliphatic heterocycles.